The van der Waals surface area contributed by atoms with Gasteiger partial charge in [-0.3, -0.25) is 0 Å². The fraction of sp³-hybridized carbons (Fsp3) is 0.250. The maximum absolute atomic E-state index is 14.1. The van der Waals surface area contributed by atoms with Crippen LogP contribution in [0.1, 0.15) is 12.5 Å². The van der Waals surface area contributed by atoms with Gasteiger partial charge in [-0.1, -0.05) is 34.8 Å². The molecule has 108 valence electrons. The number of benzene rings is 1. The minimum atomic E-state index is -0.989. The lowest BCUT2D eigenvalue weighted by Gasteiger charge is -2.26. The number of rotatable bonds is 2. The third-order valence-electron chi connectivity index (χ3n) is 2.66. The van der Waals surface area contributed by atoms with Gasteiger partial charge in [0, 0.05) is 5.56 Å². The quantitative estimate of drug-likeness (QED) is 0.335. The number of carbonyl (C=O) groups excluding carboxylic acids is 1. The second kappa shape index (κ2) is 6.10. The van der Waals surface area contributed by atoms with E-state index >= 15 is 0 Å². The minimum Gasteiger partial charge on any atom is -0.462 e. The highest BCUT2D eigenvalue weighted by Crippen LogP contribution is 2.43. The lowest BCUT2D eigenvalue weighted by Crippen LogP contribution is -2.28. The smallest absolute Gasteiger partial charge is 0.338 e. The molecule has 0 spiro atoms. The van der Waals surface area contributed by atoms with Crippen molar-refractivity contribution in [1.29, 1.82) is 0 Å². The maximum Gasteiger partial charge on any atom is 0.338 e. The van der Waals surface area contributed by atoms with Crippen LogP contribution in [0.4, 0.5) is 10.1 Å². The Morgan fingerprint density at radius 1 is 1.55 bits per heavy atom. The van der Waals surface area contributed by atoms with Crippen molar-refractivity contribution in [3.05, 3.63) is 32.5 Å². The van der Waals surface area contributed by atoms with Gasteiger partial charge in [-0.05, 0) is 28.9 Å². The highest BCUT2D eigenvalue weighted by molar-refractivity contribution is 9.10. The van der Waals surface area contributed by atoms with E-state index in [9.17, 15) is 9.18 Å². The van der Waals surface area contributed by atoms with Crippen molar-refractivity contribution in [2.24, 2.45) is 0 Å². The molecule has 0 fully saturated rings. The van der Waals surface area contributed by atoms with Gasteiger partial charge in [0.1, 0.15) is 5.50 Å². The SMILES string of the molecule is CCOC(=O)C1=C(Cl)c2cc(Cl)c(Br)c(F)c2NC1Cl. The number of alkyl halides is 1. The minimum absolute atomic E-state index is 0.0190. The van der Waals surface area contributed by atoms with E-state index in [2.05, 4.69) is 21.2 Å². The summed E-state index contributed by atoms with van der Waals surface area (Å²) in [5.41, 5.74) is -0.617. The van der Waals surface area contributed by atoms with E-state index in [-0.39, 0.29) is 38.0 Å². The van der Waals surface area contributed by atoms with Crippen molar-refractivity contribution in [2.75, 3.05) is 11.9 Å². The molecule has 0 aromatic heterocycles. The first-order chi connectivity index (χ1) is 9.38. The van der Waals surface area contributed by atoms with Crippen LogP contribution in [0.15, 0.2) is 16.1 Å². The molecule has 2 rings (SSSR count). The number of nitrogens with one attached hydrogen (secondary N) is 1. The van der Waals surface area contributed by atoms with E-state index in [1.807, 2.05) is 0 Å². The van der Waals surface area contributed by atoms with Gasteiger partial charge in [-0.25, -0.2) is 9.18 Å². The molecule has 0 saturated carbocycles. The monoisotopic (exact) mass is 401 g/mol. The highest BCUT2D eigenvalue weighted by Gasteiger charge is 2.33. The zero-order valence-electron chi connectivity index (χ0n) is 10.1. The number of hydrogen-bond donors (Lipinski definition) is 1. The van der Waals surface area contributed by atoms with Crippen LogP contribution in [0.2, 0.25) is 5.02 Å². The first-order valence-electron chi connectivity index (χ1n) is 5.53. The lowest BCUT2D eigenvalue weighted by molar-refractivity contribution is -0.138. The van der Waals surface area contributed by atoms with E-state index in [1.165, 1.54) is 6.07 Å². The summed E-state index contributed by atoms with van der Waals surface area (Å²) >= 11 is 21.1. The van der Waals surface area contributed by atoms with Crippen molar-refractivity contribution in [1.82, 2.24) is 0 Å². The van der Waals surface area contributed by atoms with Gasteiger partial charge in [0.05, 0.1) is 32.4 Å². The number of ether oxygens (including phenoxy) is 1. The van der Waals surface area contributed by atoms with E-state index in [4.69, 9.17) is 39.5 Å². The molecule has 1 N–H and O–H groups in total. The fourth-order valence-corrected chi connectivity index (χ4v) is 2.97. The van der Waals surface area contributed by atoms with Crippen LogP contribution in [0.5, 0.6) is 0 Å². The number of carbonyl (C=O) groups is 1. The Morgan fingerprint density at radius 3 is 2.80 bits per heavy atom. The molecule has 0 bridgehead atoms. The van der Waals surface area contributed by atoms with Crippen LogP contribution in [0, 0.1) is 5.82 Å². The van der Waals surface area contributed by atoms with Crippen molar-refractivity contribution < 1.29 is 13.9 Å². The number of halogens is 5. The number of hydrogen-bond acceptors (Lipinski definition) is 3. The predicted octanol–water partition coefficient (Wildman–Crippen LogP) is 4.75. The van der Waals surface area contributed by atoms with Crippen molar-refractivity contribution in [3.63, 3.8) is 0 Å². The van der Waals surface area contributed by atoms with Gasteiger partial charge in [0.25, 0.3) is 0 Å². The molecule has 0 aliphatic carbocycles. The van der Waals surface area contributed by atoms with Gasteiger partial charge in [0.15, 0.2) is 5.82 Å². The topological polar surface area (TPSA) is 38.3 Å². The molecular formula is C12H8BrCl3FNO2. The van der Waals surface area contributed by atoms with Crippen LogP contribution in [-0.4, -0.2) is 18.1 Å². The van der Waals surface area contributed by atoms with Crippen molar-refractivity contribution >= 4 is 67.4 Å². The van der Waals surface area contributed by atoms with Gasteiger partial charge in [-0.15, -0.1) is 0 Å². The Balaban J connectivity index is 2.63. The van der Waals surface area contributed by atoms with Crippen LogP contribution in [-0.2, 0) is 9.53 Å². The number of esters is 1. The largest absolute Gasteiger partial charge is 0.462 e. The molecule has 1 aromatic carbocycles. The molecule has 1 unspecified atom stereocenters. The number of anilines is 1. The second-order valence-corrected chi connectivity index (χ2v) is 5.88. The summed E-state index contributed by atoms with van der Waals surface area (Å²) < 4.78 is 19.1. The summed E-state index contributed by atoms with van der Waals surface area (Å²) in [6.45, 7) is 1.84. The third kappa shape index (κ3) is 2.64. The second-order valence-electron chi connectivity index (χ2n) is 3.86. The molecule has 1 heterocycles. The van der Waals surface area contributed by atoms with Crippen LogP contribution < -0.4 is 5.32 Å². The predicted molar refractivity (Wildman–Crippen MR) is 81.8 cm³/mol. The average molecular weight is 403 g/mol. The third-order valence-corrected chi connectivity index (χ3v) is 4.69. The molecule has 1 atom stereocenters. The molecule has 1 aliphatic rings. The first-order valence-corrected chi connectivity index (χ1v) is 7.52. The average Bonchev–Trinajstić information content (AvgIpc) is 2.38. The highest BCUT2D eigenvalue weighted by atomic mass is 79.9. The Bertz CT molecular complexity index is 621. The number of fused-ring (bicyclic) bond motifs is 1. The van der Waals surface area contributed by atoms with E-state index < -0.39 is 17.3 Å². The van der Waals surface area contributed by atoms with Crippen molar-refractivity contribution in [3.8, 4) is 0 Å². The van der Waals surface area contributed by atoms with Gasteiger partial charge in [0.2, 0.25) is 0 Å². The van der Waals surface area contributed by atoms with E-state index in [0.717, 1.165) is 0 Å². The fourth-order valence-electron chi connectivity index (χ4n) is 1.77. The molecule has 1 aromatic rings. The van der Waals surface area contributed by atoms with E-state index in [1.54, 1.807) is 6.92 Å². The molecular weight excluding hydrogens is 395 g/mol. The van der Waals surface area contributed by atoms with Crippen LogP contribution in [0.25, 0.3) is 5.03 Å². The molecule has 0 saturated heterocycles. The molecule has 1 aliphatic heterocycles. The normalized spacial score (nSPS) is 17.6. The Morgan fingerprint density at radius 2 is 2.20 bits per heavy atom. The van der Waals surface area contributed by atoms with Gasteiger partial charge in [-0.2, -0.15) is 0 Å². The molecule has 8 heteroatoms. The lowest BCUT2D eigenvalue weighted by atomic mass is 10.0. The Kier molecular flexibility index (Phi) is 4.84. The standard InChI is InChI=1S/C12H8BrCl3FNO2/c1-2-20-12(19)6-8(15)4-3-5(14)7(13)9(17)10(4)18-11(6)16/h3,11,18H,2H2,1H3. The van der Waals surface area contributed by atoms with Crippen LogP contribution >= 0.6 is 50.7 Å². The van der Waals surface area contributed by atoms with Gasteiger partial charge >= 0.3 is 5.97 Å². The zero-order chi connectivity index (χ0) is 15.0. The van der Waals surface area contributed by atoms with Gasteiger partial charge < -0.3 is 10.1 Å². The first kappa shape index (κ1) is 15.9. The van der Waals surface area contributed by atoms with Crippen LogP contribution in [0.3, 0.4) is 0 Å². The summed E-state index contributed by atoms with van der Waals surface area (Å²) in [5, 5.41) is 2.83. The zero-order valence-corrected chi connectivity index (χ0v) is 13.9. The summed E-state index contributed by atoms with van der Waals surface area (Å²) in [4.78, 5) is 11.8. The molecule has 0 radical (unpaired) electrons. The summed E-state index contributed by atoms with van der Waals surface area (Å²) in [6.07, 6.45) is 0. The summed E-state index contributed by atoms with van der Waals surface area (Å²) in [5.74, 6) is -1.28. The Labute approximate surface area is 138 Å². The van der Waals surface area contributed by atoms with E-state index in [0.29, 0.717) is 0 Å². The van der Waals surface area contributed by atoms with Crippen molar-refractivity contribution in [2.45, 2.75) is 12.4 Å². The summed E-state index contributed by atoms with van der Waals surface area (Å²) in [7, 11) is 0. The molecule has 3 nitrogen and oxygen atoms in total. The Hall–Kier alpha value is -0.490. The molecule has 20 heavy (non-hydrogen) atoms. The summed E-state index contributed by atoms with van der Waals surface area (Å²) in [6, 6.07) is 1.45. The maximum atomic E-state index is 14.1. The molecule has 0 amide bonds.